The summed E-state index contributed by atoms with van der Waals surface area (Å²) in [6.07, 6.45) is 0. The van der Waals surface area contributed by atoms with Crippen LogP contribution in [-0.4, -0.2) is 22.8 Å². The van der Waals surface area contributed by atoms with E-state index >= 15 is 0 Å². The predicted octanol–water partition coefficient (Wildman–Crippen LogP) is 3.06. The number of rotatable bonds is 5. The fraction of sp³-hybridized carbons (Fsp3) is 0.500. The van der Waals surface area contributed by atoms with E-state index in [2.05, 4.69) is 15.9 Å². The van der Waals surface area contributed by atoms with E-state index in [1.165, 1.54) is 6.07 Å². The average molecular weight is 342 g/mol. The molecule has 1 aliphatic rings. The van der Waals surface area contributed by atoms with Gasteiger partial charge >= 0.3 is 5.97 Å². The van der Waals surface area contributed by atoms with Crippen molar-refractivity contribution in [1.82, 2.24) is 0 Å². The van der Waals surface area contributed by atoms with Crippen molar-refractivity contribution >= 4 is 27.6 Å². The molecule has 1 aliphatic carbocycles. The van der Waals surface area contributed by atoms with Crippen LogP contribution in [0.25, 0.3) is 0 Å². The fourth-order valence-electron chi connectivity index (χ4n) is 2.84. The zero-order valence-corrected chi connectivity index (χ0v) is 12.9. The summed E-state index contributed by atoms with van der Waals surface area (Å²) in [5.41, 5.74) is 0.461. The highest BCUT2D eigenvalue weighted by Gasteiger charge is 2.66. The lowest BCUT2D eigenvalue weighted by Crippen LogP contribution is -2.14. The van der Waals surface area contributed by atoms with Gasteiger partial charge in [0.1, 0.15) is 0 Å². The van der Waals surface area contributed by atoms with Crippen molar-refractivity contribution < 1.29 is 14.5 Å². The lowest BCUT2D eigenvalue weighted by atomic mass is 9.93. The molecule has 0 bridgehead atoms. The minimum atomic E-state index is -0.419. The number of non-ortho nitro benzene ring substituents is 1. The minimum absolute atomic E-state index is 0.0477. The second-order valence-corrected chi connectivity index (χ2v) is 5.73. The normalized spacial score (nSPS) is 27.9. The van der Waals surface area contributed by atoms with E-state index in [9.17, 15) is 14.9 Å². The van der Waals surface area contributed by atoms with Gasteiger partial charge in [-0.1, -0.05) is 35.0 Å². The van der Waals surface area contributed by atoms with E-state index in [4.69, 9.17) is 4.74 Å². The van der Waals surface area contributed by atoms with Crippen LogP contribution < -0.4 is 0 Å². The molecule has 6 heteroatoms. The molecule has 0 aliphatic heterocycles. The Hall–Kier alpha value is -1.43. The molecule has 0 radical (unpaired) electrons. The van der Waals surface area contributed by atoms with Gasteiger partial charge < -0.3 is 4.74 Å². The van der Waals surface area contributed by atoms with Gasteiger partial charge in [0.15, 0.2) is 0 Å². The standard InChI is InChI=1S/C14H16BrNO4/c1-3-20-13(17)12-11(8-15)14(12,2)9-5-4-6-10(7-9)16(18)19/h4-7,11-12H,3,8H2,1-2H3. The number of hydrogen-bond acceptors (Lipinski definition) is 4. The van der Waals surface area contributed by atoms with Crippen molar-refractivity contribution in [2.24, 2.45) is 11.8 Å². The molecule has 0 aromatic heterocycles. The number of nitrogens with zero attached hydrogens (tertiary/aromatic N) is 1. The molecule has 0 saturated heterocycles. The van der Waals surface area contributed by atoms with Crippen LogP contribution in [0.4, 0.5) is 5.69 Å². The zero-order chi connectivity index (χ0) is 14.9. The molecule has 0 amide bonds. The van der Waals surface area contributed by atoms with E-state index in [0.29, 0.717) is 11.9 Å². The SMILES string of the molecule is CCOC(=O)C1C(CBr)C1(C)c1cccc([N+](=O)[O-])c1. The molecule has 3 unspecified atom stereocenters. The van der Waals surface area contributed by atoms with Crippen LogP contribution in [0.5, 0.6) is 0 Å². The van der Waals surface area contributed by atoms with Crippen molar-refractivity contribution in [2.45, 2.75) is 19.3 Å². The van der Waals surface area contributed by atoms with Gasteiger partial charge in [-0.15, -0.1) is 0 Å². The molecule has 20 heavy (non-hydrogen) atoms. The second kappa shape index (κ2) is 5.52. The molecule has 5 nitrogen and oxygen atoms in total. The number of benzene rings is 1. The number of halogens is 1. The molecule has 1 aromatic rings. The smallest absolute Gasteiger partial charge is 0.310 e. The molecule has 0 heterocycles. The summed E-state index contributed by atoms with van der Waals surface area (Å²) in [6, 6.07) is 6.50. The molecule has 108 valence electrons. The number of nitro benzene ring substituents is 1. The van der Waals surface area contributed by atoms with Gasteiger partial charge in [-0.3, -0.25) is 14.9 Å². The fourth-order valence-corrected chi connectivity index (χ4v) is 3.89. The van der Waals surface area contributed by atoms with E-state index in [0.717, 1.165) is 5.56 Å². The maximum Gasteiger partial charge on any atom is 0.310 e. The van der Waals surface area contributed by atoms with Gasteiger partial charge in [0.2, 0.25) is 0 Å². The summed E-state index contributed by atoms with van der Waals surface area (Å²) < 4.78 is 5.10. The van der Waals surface area contributed by atoms with Gasteiger partial charge in [-0.2, -0.15) is 0 Å². The Morgan fingerprint density at radius 3 is 2.80 bits per heavy atom. The summed E-state index contributed by atoms with van der Waals surface area (Å²) in [6.45, 7) is 4.07. The lowest BCUT2D eigenvalue weighted by Gasteiger charge is -2.12. The van der Waals surface area contributed by atoms with Gasteiger partial charge in [0.25, 0.3) is 5.69 Å². The molecule has 1 saturated carbocycles. The molecule has 3 atom stereocenters. The molecular weight excluding hydrogens is 326 g/mol. The van der Waals surface area contributed by atoms with Crippen LogP contribution in [0.15, 0.2) is 24.3 Å². The van der Waals surface area contributed by atoms with Crippen molar-refractivity contribution in [1.29, 1.82) is 0 Å². The monoisotopic (exact) mass is 341 g/mol. The molecular formula is C14H16BrNO4. The van der Waals surface area contributed by atoms with Crippen LogP contribution in [0.2, 0.25) is 0 Å². The van der Waals surface area contributed by atoms with Gasteiger partial charge in [-0.05, 0) is 18.4 Å². The van der Waals surface area contributed by atoms with Crippen LogP contribution >= 0.6 is 15.9 Å². The van der Waals surface area contributed by atoms with Crippen molar-refractivity contribution in [3.05, 3.63) is 39.9 Å². The van der Waals surface area contributed by atoms with Crippen molar-refractivity contribution in [3.63, 3.8) is 0 Å². The number of hydrogen-bond donors (Lipinski definition) is 0. The van der Waals surface area contributed by atoms with E-state index in [1.54, 1.807) is 19.1 Å². The number of esters is 1. The predicted molar refractivity (Wildman–Crippen MR) is 77.9 cm³/mol. The van der Waals surface area contributed by atoms with Crippen molar-refractivity contribution in [3.8, 4) is 0 Å². The first-order valence-electron chi connectivity index (χ1n) is 6.44. The minimum Gasteiger partial charge on any atom is -0.466 e. The highest BCUT2D eigenvalue weighted by atomic mass is 79.9. The second-order valence-electron chi connectivity index (χ2n) is 5.08. The Bertz CT molecular complexity index is 548. The van der Waals surface area contributed by atoms with E-state index < -0.39 is 10.3 Å². The number of ether oxygens (including phenoxy) is 1. The number of carbonyl (C=O) groups is 1. The summed E-state index contributed by atoms with van der Waals surface area (Å²) in [7, 11) is 0. The number of carbonyl (C=O) groups excluding carboxylic acids is 1. The summed E-state index contributed by atoms with van der Waals surface area (Å²) in [5, 5.41) is 11.5. The van der Waals surface area contributed by atoms with Gasteiger partial charge in [0.05, 0.1) is 17.4 Å². The molecule has 2 rings (SSSR count). The number of alkyl halides is 1. The Morgan fingerprint density at radius 1 is 1.55 bits per heavy atom. The van der Waals surface area contributed by atoms with Crippen LogP contribution in [-0.2, 0) is 14.9 Å². The van der Waals surface area contributed by atoms with Crippen LogP contribution in [0, 0.1) is 22.0 Å². The average Bonchev–Trinajstić information content (AvgIpc) is 3.06. The summed E-state index contributed by atoms with van der Waals surface area (Å²) >= 11 is 3.41. The van der Waals surface area contributed by atoms with Gasteiger partial charge in [0, 0.05) is 22.9 Å². The molecule has 1 aromatic carbocycles. The maximum absolute atomic E-state index is 12.0. The van der Waals surface area contributed by atoms with Crippen LogP contribution in [0.1, 0.15) is 19.4 Å². The number of nitro groups is 1. The third kappa shape index (κ3) is 2.32. The van der Waals surface area contributed by atoms with Gasteiger partial charge in [-0.25, -0.2) is 0 Å². The Morgan fingerprint density at radius 2 is 2.25 bits per heavy atom. The first-order chi connectivity index (χ1) is 9.46. The Kier molecular flexibility index (Phi) is 4.13. The lowest BCUT2D eigenvalue weighted by molar-refractivity contribution is -0.384. The van der Waals surface area contributed by atoms with Crippen LogP contribution in [0.3, 0.4) is 0 Å². The van der Waals surface area contributed by atoms with E-state index in [-0.39, 0.29) is 23.5 Å². The highest BCUT2D eigenvalue weighted by Crippen LogP contribution is 2.61. The zero-order valence-electron chi connectivity index (χ0n) is 11.3. The topological polar surface area (TPSA) is 69.4 Å². The maximum atomic E-state index is 12.0. The summed E-state index contributed by atoms with van der Waals surface area (Å²) in [5.74, 6) is -0.377. The third-order valence-corrected chi connectivity index (χ3v) is 4.79. The molecule has 1 fully saturated rings. The highest BCUT2D eigenvalue weighted by molar-refractivity contribution is 9.09. The summed E-state index contributed by atoms with van der Waals surface area (Å²) in [4.78, 5) is 22.5. The Balaban J connectivity index is 2.33. The largest absolute Gasteiger partial charge is 0.466 e. The third-order valence-electron chi connectivity index (χ3n) is 4.10. The first-order valence-corrected chi connectivity index (χ1v) is 7.56. The first kappa shape index (κ1) is 15.0. The Labute approximate surface area is 125 Å². The quantitative estimate of drug-likeness (QED) is 0.357. The molecule has 0 spiro atoms. The van der Waals surface area contributed by atoms with Crippen molar-refractivity contribution in [2.75, 3.05) is 11.9 Å². The van der Waals surface area contributed by atoms with E-state index in [1.807, 2.05) is 13.0 Å². The molecule has 0 N–H and O–H groups in total.